The molecule has 0 spiro atoms. The van der Waals surface area contributed by atoms with Crippen molar-refractivity contribution >= 4 is 0 Å². The van der Waals surface area contributed by atoms with E-state index in [0.29, 0.717) is 0 Å². The fourth-order valence-electron chi connectivity index (χ4n) is 1.44. The van der Waals surface area contributed by atoms with Crippen molar-refractivity contribution in [2.45, 2.75) is 19.0 Å². The van der Waals surface area contributed by atoms with Gasteiger partial charge in [0.25, 0.3) is 0 Å². The van der Waals surface area contributed by atoms with Gasteiger partial charge >= 0.3 is 6.18 Å². The van der Waals surface area contributed by atoms with Gasteiger partial charge in [-0.1, -0.05) is 6.08 Å². The summed E-state index contributed by atoms with van der Waals surface area (Å²) in [5.41, 5.74) is -0.764. The van der Waals surface area contributed by atoms with Gasteiger partial charge in [0.1, 0.15) is 0 Å². The van der Waals surface area contributed by atoms with E-state index in [2.05, 4.69) is 0 Å². The van der Waals surface area contributed by atoms with Gasteiger partial charge in [-0.05, 0) is 12.5 Å². The summed E-state index contributed by atoms with van der Waals surface area (Å²) in [6.45, 7) is 0. The van der Waals surface area contributed by atoms with Crippen LogP contribution in [-0.4, -0.2) is 6.18 Å². The molecule has 0 aromatic heterocycles. The van der Waals surface area contributed by atoms with Crippen LogP contribution in [0.5, 0.6) is 0 Å². The Hall–Kier alpha value is -1.75. The van der Waals surface area contributed by atoms with Crippen molar-refractivity contribution < 1.29 is 13.2 Å². The van der Waals surface area contributed by atoms with Crippen LogP contribution in [0.3, 0.4) is 0 Å². The van der Waals surface area contributed by atoms with Crippen LogP contribution < -0.4 is 0 Å². The Balaban J connectivity index is 3.03. The molecule has 0 aromatic carbocycles. The molecule has 0 amide bonds. The Morgan fingerprint density at radius 1 is 1.40 bits per heavy atom. The molecule has 0 heterocycles. The Morgan fingerprint density at radius 2 is 2.07 bits per heavy atom. The molecule has 0 bridgehead atoms. The van der Waals surface area contributed by atoms with E-state index in [-0.39, 0.29) is 18.4 Å². The fraction of sp³-hybridized carbons (Fsp3) is 0.400. The van der Waals surface area contributed by atoms with Crippen LogP contribution in [0.4, 0.5) is 13.2 Å². The van der Waals surface area contributed by atoms with E-state index >= 15 is 0 Å². The minimum absolute atomic E-state index is 0.0107. The van der Waals surface area contributed by atoms with Crippen LogP contribution in [0.25, 0.3) is 0 Å². The predicted molar refractivity (Wildman–Crippen MR) is 46.2 cm³/mol. The summed E-state index contributed by atoms with van der Waals surface area (Å²) in [7, 11) is 0. The van der Waals surface area contributed by atoms with Gasteiger partial charge in [0.05, 0.1) is 12.1 Å². The fourth-order valence-corrected chi connectivity index (χ4v) is 1.44. The molecule has 0 aliphatic heterocycles. The van der Waals surface area contributed by atoms with E-state index in [4.69, 9.17) is 10.5 Å². The molecule has 1 atom stereocenters. The summed E-state index contributed by atoms with van der Waals surface area (Å²) in [6.07, 6.45) is -2.29. The highest BCUT2D eigenvalue weighted by Gasteiger charge is 2.39. The largest absolute Gasteiger partial charge is 0.413 e. The van der Waals surface area contributed by atoms with E-state index in [1.165, 1.54) is 6.08 Å². The number of hydrogen-bond donors (Lipinski definition) is 0. The SMILES string of the molecule is N#CCC1CC=C(C#N)C=C1C(F)(F)F. The number of halogens is 3. The molecule has 2 nitrogen and oxygen atoms in total. The average molecular weight is 212 g/mol. The number of alkyl halides is 3. The minimum atomic E-state index is -4.46. The molecule has 15 heavy (non-hydrogen) atoms. The van der Waals surface area contributed by atoms with Crippen LogP contribution in [0.1, 0.15) is 12.8 Å². The zero-order valence-corrected chi connectivity index (χ0v) is 7.67. The molecule has 0 saturated carbocycles. The van der Waals surface area contributed by atoms with Gasteiger partial charge in [-0.15, -0.1) is 0 Å². The number of hydrogen-bond acceptors (Lipinski definition) is 2. The highest BCUT2D eigenvalue weighted by atomic mass is 19.4. The van der Waals surface area contributed by atoms with Crippen molar-refractivity contribution in [2.24, 2.45) is 5.92 Å². The van der Waals surface area contributed by atoms with E-state index in [9.17, 15) is 13.2 Å². The van der Waals surface area contributed by atoms with Gasteiger partial charge < -0.3 is 0 Å². The zero-order chi connectivity index (χ0) is 11.5. The second-order valence-corrected chi connectivity index (χ2v) is 3.16. The lowest BCUT2D eigenvalue weighted by Crippen LogP contribution is -2.21. The van der Waals surface area contributed by atoms with Gasteiger partial charge in [0.2, 0.25) is 0 Å². The second kappa shape index (κ2) is 4.18. The zero-order valence-electron chi connectivity index (χ0n) is 7.67. The van der Waals surface area contributed by atoms with Crippen molar-refractivity contribution in [1.82, 2.24) is 0 Å². The molecule has 1 rings (SSSR count). The maximum absolute atomic E-state index is 12.5. The predicted octanol–water partition coefficient (Wildman–Crippen LogP) is 2.86. The molecule has 0 N–H and O–H groups in total. The second-order valence-electron chi connectivity index (χ2n) is 3.16. The van der Waals surface area contributed by atoms with Crippen LogP contribution >= 0.6 is 0 Å². The third-order valence-corrected chi connectivity index (χ3v) is 2.17. The average Bonchev–Trinajstić information content (AvgIpc) is 2.17. The van der Waals surface area contributed by atoms with Crippen molar-refractivity contribution in [3.05, 3.63) is 23.3 Å². The Kier molecular flexibility index (Phi) is 3.16. The van der Waals surface area contributed by atoms with Crippen molar-refractivity contribution in [1.29, 1.82) is 10.5 Å². The molecule has 1 aliphatic rings. The van der Waals surface area contributed by atoms with E-state index in [1.807, 2.05) is 0 Å². The molecule has 0 fully saturated rings. The number of rotatable bonds is 1. The first-order valence-corrected chi connectivity index (χ1v) is 4.25. The molecule has 78 valence electrons. The van der Waals surface area contributed by atoms with Gasteiger partial charge in [0.15, 0.2) is 0 Å². The Morgan fingerprint density at radius 3 is 2.53 bits per heavy atom. The number of nitriles is 2. The molecular weight excluding hydrogens is 205 g/mol. The maximum Gasteiger partial charge on any atom is 0.413 e. The lowest BCUT2D eigenvalue weighted by molar-refractivity contribution is -0.0990. The third-order valence-electron chi connectivity index (χ3n) is 2.17. The highest BCUT2D eigenvalue weighted by molar-refractivity contribution is 5.41. The van der Waals surface area contributed by atoms with Crippen molar-refractivity contribution in [3.63, 3.8) is 0 Å². The van der Waals surface area contributed by atoms with Crippen molar-refractivity contribution in [3.8, 4) is 12.1 Å². The first kappa shape index (κ1) is 11.3. The summed E-state index contributed by atoms with van der Waals surface area (Å²) in [4.78, 5) is 0. The van der Waals surface area contributed by atoms with Gasteiger partial charge in [-0.25, -0.2) is 0 Å². The minimum Gasteiger partial charge on any atom is -0.198 e. The summed E-state index contributed by atoms with van der Waals surface area (Å²) in [5, 5.41) is 16.9. The van der Waals surface area contributed by atoms with E-state index in [0.717, 1.165) is 6.08 Å². The Labute approximate surface area is 84.9 Å². The van der Waals surface area contributed by atoms with E-state index in [1.54, 1.807) is 12.1 Å². The van der Waals surface area contributed by atoms with Crippen molar-refractivity contribution in [2.75, 3.05) is 0 Å². The molecule has 1 unspecified atom stereocenters. The molecular formula is C10H7F3N2. The van der Waals surface area contributed by atoms with Crippen LogP contribution in [0.2, 0.25) is 0 Å². The molecule has 1 aliphatic carbocycles. The summed E-state index contributed by atoms with van der Waals surface area (Å²) < 4.78 is 37.5. The van der Waals surface area contributed by atoms with Gasteiger partial charge in [-0.2, -0.15) is 23.7 Å². The molecule has 0 aromatic rings. The monoisotopic (exact) mass is 212 g/mol. The smallest absolute Gasteiger partial charge is 0.198 e. The quantitative estimate of drug-likeness (QED) is 0.670. The molecule has 0 radical (unpaired) electrons. The highest BCUT2D eigenvalue weighted by Crippen LogP contribution is 2.38. The third kappa shape index (κ3) is 2.60. The van der Waals surface area contributed by atoms with Crippen LogP contribution in [0, 0.1) is 28.6 Å². The van der Waals surface area contributed by atoms with Crippen LogP contribution in [-0.2, 0) is 0 Å². The van der Waals surface area contributed by atoms with Crippen LogP contribution in [0.15, 0.2) is 23.3 Å². The van der Waals surface area contributed by atoms with Gasteiger partial charge in [-0.3, -0.25) is 0 Å². The molecule has 0 saturated heterocycles. The molecule has 5 heteroatoms. The lowest BCUT2D eigenvalue weighted by Gasteiger charge is -2.22. The summed E-state index contributed by atoms with van der Waals surface area (Å²) in [6, 6.07) is 3.39. The lowest BCUT2D eigenvalue weighted by atomic mass is 9.86. The summed E-state index contributed by atoms with van der Waals surface area (Å²) >= 11 is 0. The summed E-state index contributed by atoms with van der Waals surface area (Å²) in [5.74, 6) is -0.841. The Bertz CT molecular complexity index is 390. The number of allylic oxidation sites excluding steroid dienone is 4. The first-order valence-electron chi connectivity index (χ1n) is 4.25. The number of nitrogens with zero attached hydrogens (tertiary/aromatic N) is 2. The standard InChI is InChI=1S/C10H7F3N2/c11-10(12,13)9-5-7(6-15)1-2-8(9)3-4-14/h1,5,8H,2-3H2. The normalized spacial score (nSPS) is 21.0. The van der Waals surface area contributed by atoms with Gasteiger partial charge in [0, 0.05) is 23.5 Å². The first-order chi connectivity index (χ1) is 6.99. The maximum atomic E-state index is 12.5. The topological polar surface area (TPSA) is 47.6 Å². The van der Waals surface area contributed by atoms with E-state index < -0.39 is 17.7 Å².